The van der Waals surface area contributed by atoms with E-state index >= 15 is 0 Å². The summed E-state index contributed by atoms with van der Waals surface area (Å²) in [7, 11) is 0. The molecule has 1 aromatic rings. The summed E-state index contributed by atoms with van der Waals surface area (Å²) in [4.78, 5) is 77.4. The SMILES string of the molecule is CCCC(NC(=O)C1[C@H]2CC[C@@](C)(O)[C@H]2CN1C(=O)C(NC(=O)C(NC(=O)c1cnccn1)C(C)C)C(C)(C)C)C(O)C(=O)NC1CC1. The molecular weight excluding hydrogens is 618 g/mol. The van der Waals surface area contributed by atoms with Crippen LogP contribution in [0, 0.1) is 23.2 Å². The lowest BCUT2D eigenvalue weighted by molar-refractivity contribution is -0.146. The van der Waals surface area contributed by atoms with Crippen molar-refractivity contribution >= 4 is 29.5 Å². The number of carbonyl (C=O) groups is 5. The Kier molecular flexibility index (Phi) is 11.5. The van der Waals surface area contributed by atoms with Crippen LogP contribution in [0.3, 0.4) is 0 Å². The van der Waals surface area contributed by atoms with E-state index in [1.807, 2.05) is 6.92 Å². The second-order valence-electron chi connectivity index (χ2n) is 15.3. The summed E-state index contributed by atoms with van der Waals surface area (Å²) in [6, 6.07) is -3.93. The van der Waals surface area contributed by atoms with E-state index in [1.165, 1.54) is 23.5 Å². The molecule has 1 aliphatic heterocycles. The number of likely N-dealkylation sites (tertiary alicyclic amines) is 1. The molecule has 1 aromatic heterocycles. The van der Waals surface area contributed by atoms with Gasteiger partial charge in [0.2, 0.25) is 17.7 Å². The van der Waals surface area contributed by atoms with Crippen molar-refractivity contribution in [3.63, 3.8) is 0 Å². The number of hydrogen-bond donors (Lipinski definition) is 6. The Morgan fingerprint density at radius 3 is 2.29 bits per heavy atom. The average Bonchev–Trinajstić information content (AvgIpc) is 3.67. The molecule has 3 fully saturated rings. The van der Waals surface area contributed by atoms with Crippen LogP contribution in [0.15, 0.2) is 18.6 Å². The van der Waals surface area contributed by atoms with Crippen LogP contribution in [0.1, 0.15) is 97.5 Å². The largest absolute Gasteiger partial charge is 0.390 e. The standard InChI is InChI=1S/C34H53N7O7/c1-8-9-22(26(42)31(46)37-19-10-11-19)38-30(45)25-20-12-13-34(7,48)21(20)17-41(25)32(47)27(33(4,5)6)40-29(44)24(18(2)3)39-28(43)23-16-35-14-15-36-23/h14-16,18-22,24-27,42,48H,8-13,17H2,1-7H3,(H,37,46)(H,38,45)(H,39,43)(H,40,44)/t20-,21-,22?,24?,25?,26?,27?,34+/m0/s1. The summed E-state index contributed by atoms with van der Waals surface area (Å²) in [5, 5.41) is 33.4. The Bertz CT molecular complexity index is 1340. The Morgan fingerprint density at radius 1 is 1.04 bits per heavy atom. The molecule has 1 saturated heterocycles. The van der Waals surface area contributed by atoms with Crippen LogP contribution in [0.5, 0.6) is 0 Å². The highest BCUT2D eigenvalue weighted by atomic mass is 16.3. The molecule has 5 amide bonds. The zero-order valence-corrected chi connectivity index (χ0v) is 29.2. The molecule has 14 heteroatoms. The van der Waals surface area contributed by atoms with Crippen LogP contribution in [0.4, 0.5) is 0 Å². The fourth-order valence-electron chi connectivity index (χ4n) is 6.93. The van der Waals surface area contributed by atoms with Gasteiger partial charge in [0.15, 0.2) is 6.10 Å². The first-order chi connectivity index (χ1) is 22.5. The molecule has 3 aliphatic rings. The molecule has 6 N–H and O–H groups in total. The quantitative estimate of drug-likeness (QED) is 0.174. The third-order valence-electron chi connectivity index (χ3n) is 9.92. The van der Waals surface area contributed by atoms with Crippen LogP contribution in [-0.2, 0) is 19.2 Å². The van der Waals surface area contributed by atoms with Gasteiger partial charge in [0, 0.05) is 30.9 Å². The van der Waals surface area contributed by atoms with Crippen LogP contribution >= 0.6 is 0 Å². The minimum Gasteiger partial charge on any atom is -0.390 e. The lowest BCUT2D eigenvalue weighted by Gasteiger charge is -2.38. The van der Waals surface area contributed by atoms with Crippen molar-refractivity contribution in [1.82, 2.24) is 36.1 Å². The minimum absolute atomic E-state index is 0.0368. The second kappa shape index (κ2) is 14.9. The number of aliphatic hydroxyl groups excluding tert-OH is 1. The second-order valence-corrected chi connectivity index (χ2v) is 15.3. The van der Waals surface area contributed by atoms with Gasteiger partial charge in [-0.1, -0.05) is 48.0 Å². The zero-order chi connectivity index (χ0) is 35.6. The van der Waals surface area contributed by atoms with Gasteiger partial charge < -0.3 is 36.4 Å². The smallest absolute Gasteiger partial charge is 0.272 e. The van der Waals surface area contributed by atoms with Gasteiger partial charge in [-0.2, -0.15) is 0 Å². The lowest BCUT2D eigenvalue weighted by atomic mass is 9.84. The molecule has 2 heterocycles. The highest BCUT2D eigenvalue weighted by molar-refractivity contribution is 5.98. The fraction of sp³-hybridized carbons (Fsp3) is 0.735. The van der Waals surface area contributed by atoms with Gasteiger partial charge in [-0.25, -0.2) is 4.98 Å². The molecule has 5 unspecified atom stereocenters. The van der Waals surface area contributed by atoms with Crippen molar-refractivity contribution in [2.75, 3.05) is 6.54 Å². The highest BCUT2D eigenvalue weighted by Crippen LogP contribution is 2.48. The zero-order valence-electron chi connectivity index (χ0n) is 29.2. The van der Waals surface area contributed by atoms with E-state index in [9.17, 15) is 34.2 Å². The van der Waals surface area contributed by atoms with Crippen molar-refractivity contribution in [1.29, 1.82) is 0 Å². The molecule has 266 valence electrons. The molecule has 2 aliphatic carbocycles. The van der Waals surface area contributed by atoms with Crippen LogP contribution in [0.25, 0.3) is 0 Å². The third kappa shape index (κ3) is 8.49. The maximum atomic E-state index is 14.5. The van der Waals surface area contributed by atoms with Crippen molar-refractivity contribution in [3.05, 3.63) is 24.3 Å². The Morgan fingerprint density at radius 2 is 1.73 bits per heavy atom. The van der Waals surface area contributed by atoms with Crippen molar-refractivity contribution < 1.29 is 34.2 Å². The highest BCUT2D eigenvalue weighted by Gasteiger charge is 2.58. The van der Waals surface area contributed by atoms with E-state index in [0.29, 0.717) is 25.7 Å². The van der Waals surface area contributed by atoms with Crippen LogP contribution in [-0.4, -0.2) is 103 Å². The van der Waals surface area contributed by atoms with Gasteiger partial charge in [-0.15, -0.1) is 0 Å². The van der Waals surface area contributed by atoms with E-state index in [4.69, 9.17) is 0 Å². The van der Waals surface area contributed by atoms with E-state index in [0.717, 1.165) is 12.8 Å². The number of carbonyl (C=O) groups excluding carboxylic acids is 5. The van der Waals surface area contributed by atoms with Gasteiger partial charge in [0.05, 0.1) is 17.8 Å². The topological polar surface area (TPSA) is 203 Å². The Balaban J connectivity index is 1.58. The molecule has 4 rings (SSSR count). The maximum absolute atomic E-state index is 14.5. The number of rotatable bonds is 13. The van der Waals surface area contributed by atoms with Crippen molar-refractivity contribution in [2.45, 2.75) is 129 Å². The van der Waals surface area contributed by atoms with Gasteiger partial charge >= 0.3 is 0 Å². The summed E-state index contributed by atoms with van der Waals surface area (Å²) in [5.41, 5.74) is -1.88. The summed E-state index contributed by atoms with van der Waals surface area (Å²) in [5.74, 6) is -3.82. The van der Waals surface area contributed by atoms with Crippen LogP contribution in [0.2, 0.25) is 0 Å². The van der Waals surface area contributed by atoms with Crippen molar-refractivity contribution in [3.8, 4) is 0 Å². The fourth-order valence-corrected chi connectivity index (χ4v) is 6.93. The van der Waals surface area contributed by atoms with Gasteiger partial charge in [-0.05, 0) is 56.3 Å². The predicted octanol–water partition coefficient (Wildman–Crippen LogP) is 0.674. The van der Waals surface area contributed by atoms with E-state index < -0.39 is 76.7 Å². The molecule has 0 bridgehead atoms. The van der Waals surface area contributed by atoms with Gasteiger partial charge in [0.25, 0.3) is 11.8 Å². The Labute approximate surface area is 282 Å². The summed E-state index contributed by atoms with van der Waals surface area (Å²) < 4.78 is 0. The molecular formula is C34H53N7O7. The molecule has 8 atom stereocenters. The Hall–Kier alpha value is -3.65. The molecule has 0 aromatic carbocycles. The maximum Gasteiger partial charge on any atom is 0.272 e. The molecule has 2 saturated carbocycles. The number of aromatic nitrogens is 2. The number of fused-ring (bicyclic) bond motifs is 1. The molecule has 0 spiro atoms. The van der Waals surface area contributed by atoms with Gasteiger partial charge in [0.1, 0.15) is 23.8 Å². The normalized spacial score (nSPS) is 26.2. The number of aliphatic hydroxyl groups is 2. The van der Waals surface area contributed by atoms with Crippen LogP contribution < -0.4 is 21.3 Å². The first-order valence-electron chi connectivity index (χ1n) is 17.1. The average molecular weight is 672 g/mol. The number of nitrogens with zero attached hydrogens (tertiary/aromatic N) is 3. The lowest BCUT2D eigenvalue weighted by Crippen LogP contribution is -2.62. The number of amides is 5. The monoisotopic (exact) mass is 671 g/mol. The van der Waals surface area contributed by atoms with Gasteiger partial charge in [-0.3, -0.25) is 29.0 Å². The van der Waals surface area contributed by atoms with Crippen molar-refractivity contribution in [2.24, 2.45) is 23.2 Å². The van der Waals surface area contributed by atoms with E-state index in [2.05, 4.69) is 31.2 Å². The molecule has 0 radical (unpaired) electrons. The van der Waals surface area contributed by atoms with E-state index in [-0.39, 0.29) is 30.1 Å². The first-order valence-corrected chi connectivity index (χ1v) is 17.1. The molecule has 48 heavy (non-hydrogen) atoms. The predicted molar refractivity (Wildman–Crippen MR) is 176 cm³/mol. The number of hydrogen-bond acceptors (Lipinski definition) is 9. The minimum atomic E-state index is -1.46. The van der Waals surface area contributed by atoms with E-state index in [1.54, 1.807) is 41.5 Å². The summed E-state index contributed by atoms with van der Waals surface area (Å²) in [6.45, 7) is 12.6. The number of nitrogens with one attached hydrogen (secondary N) is 4. The third-order valence-corrected chi connectivity index (χ3v) is 9.92. The molecule has 14 nitrogen and oxygen atoms in total. The first kappa shape index (κ1) is 37.2. The summed E-state index contributed by atoms with van der Waals surface area (Å²) in [6.07, 6.45) is 6.22. The summed E-state index contributed by atoms with van der Waals surface area (Å²) >= 11 is 0.